The molecule has 13 heteroatoms. The molecule has 0 saturated heterocycles. The number of carbonyl (C=O) groups excluding carboxylic acids is 1. The van der Waals surface area contributed by atoms with Gasteiger partial charge in [0.05, 0.1) is 13.2 Å². The maximum Gasteiger partial charge on any atom is 0.472 e. The summed E-state index contributed by atoms with van der Waals surface area (Å²) in [5, 5.41) is 50.4. The van der Waals surface area contributed by atoms with E-state index in [1.165, 1.54) is 89.9 Å². The number of phosphoric ester groups is 1. The van der Waals surface area contributed by atoms with Crippen LogP contribution in [0, 0.1) is 0 Å². The van der Waals surface area contributed by atoms with Gasteiger partial charge in [-0.3, -0.25) is 13.8 Å². The van der Waals surface area contributed by atoms with Crippen molar-refractivity contribution in [1.82, 2.24) is 0 Å². The molecule has 1 rings (SSSR count). The summed E-state index contributed by atoms with van der Waals surface area (Å²) in [5.41, 5.74) is 0. The van der Waals surface area contributed by atoms with Gasteiger partial charge >= 0.3 is 13.8 Å². The highest BCUT2D eigenvalue weighted by Gasteiger charge is 2.51. The number of rotatable bonds is 45. The van der Waals surface area contributed by atoms with Gasteiger partial charge in [0, 0.05) is 13.0 Å². The minimum Gasteiger partial charge on any atom is -0.457 e. The van der Waals surface area contributed by atoms with E-state index in [9.17, 15) is 39.8 Å². The molecule has 0 spiro atoms. The van der Waals surface area contributed by atoms with Crippen LogP contribution in [-0.2, 0) is 27.9 Å². The van der Waals surface area contributed by atoms with Crippen LogP contribution in [0.5, 0.6) is 0 Å². The van der Waals surface area contributed by atoms with Crippen LogP contribution < -0.4 is 0 Å². The van der Waals surface area contributed by atoms with Crippen LogP contribution in [0.25, 0.3) is 0 Å². The van der Waals surface area contributed by atoms with Crippen molar-refractivity contribution >= 4 is 13.8 Å². The van der Waals surface area contributed by atoms with E-state index in [-0.39, 0.29) is 13.0 Å². The number of aliphatic hydroxyl groups excluding tert-OH is 5. The molecule has 0 amide bonds. The fraction of sp³-hybridized carbons (Fsp3) is 0.702. The first-order valence-corrected chi connectivity index (χ1v) is 28.6. The van der Waals surface area contributed by atoms with Gasteiger partial charge in [-0.15, -0.1) is 0 Å². The Kier molecular flexibility index (Phi) is 43.0. The minimum atomic E-state index is -5.05. The highest BCUT2D eigenvalue weighted by atomic mass is 31.2. The number of carbonyl (C=O) groups is 1. The second kappa shape index (κ2) is 46.1. The summed E-state index contributed by atoms with van der Waals surface area (Å²) in [7, 11) is -5.05. The SMILES string of the molecule is CC/C=C\C/C=C\C/C=C\C/C=C\C/C=C\C/C=C\C/C=C\CCCC(=O)OC(COCCCCCCCCCCCC/C=C\CCCCCCCC)COP(=O)(O)OC1C(O)C(O)C(O)C(O)C1O. The summed E-state index contributed by atoms with van der Waals surface area (Å²) >= 11 is 0. The Morgan fingerprint density at radius 1 is 0.471 bits per heavy atom. The predicted octanol–water partition coefficient (Wildman–Crippen LogP) is 12.6. The van der Waals surface area contributed by atoms with Gasteiger partial charge in [0.25, 0.3) is 0 Å². The van der Waals surface area contributed by atoms with Crippen molar-refractivity contribution < 1.29 is 58.3 Å². The van der Waals surface area contributed by atoms with Crippen LogP contribution >= 0.6 is 7.82 Å². The summed E-state index contributed by atoms with van der Waals surface area (Å²) in [6.07, 6.45) is 51.9. The molecule has 1 saturated carbocycles. The Balaban J connectivity index is 2.38. The highest BCUT2D eigenvalue weighted by molar-refractivity contribution is 7.47. The van der Waals surface area contributed by atoms with E-state index in [4.69, 9.17) is 18.5 Å². The third-order valence-electron chi connectivity index (χ3n) is 11.9. The fourth-order valence-electron chi connectivity index (χ4n) is 7.69. The zero-order valence-corrected chi connectivity index (χ0v) is 44.2. The highest BCUT2D eigenvalue weighted by Crippen LogP contribution is 2.47. The van der Waals surface area contributed by atoms with Gasteiger partial charge in [0.1, 0.15) is 42.7 Å². The zero-order valence-electron chi connectivity index (χ0n) is 43.3. The predicted molar refractivity (Wildman–Crippen MR) is 285 cm³/mol. The number of esters is 1. The molecule has 0 bridgehead atoms. The fourth-order valence-corrected chi connectivity index (χ4v) is 8.66. The molecule has 0 radical (unpaired) electrons. The largest absolute Gasteiger partial charge is 0.472 e. The Bertz CT molecular complexity index is 1520. The molecular weight excluding hydrogens is 908 g/mol. The molecule has 1 aliphatic carbocycles. The monoisotopic (exact) mass is 1000 g/mol. The van der Waals surface area contributed by atoms with Gasteiger partial charge in [0.2, 0.25) is 0 Å². The Hall–Kier alpha value is -2.74. The lowest BCUT2D eigenvalue weighted by Gasteiger charge is -2.41. The topological polar surface area (TPSA) is 192 Å². The van der Waals surface area contributed by atoms with Crippen LogP contribution in [0.3, 0.4) is 0 Å². The van der Waals surface area contributed by atoms with E-state index >= 15 is 0 Å². The lowest BCUT2D eigenvalue weighted by molar-refractivity contribution is -0.220. The molecule has 0 heterocycles. The summed E-state index contributed by atoms with van der Waals surface area (Å²) in [4.78, 5) is 23.3. The van der Waals surface area contributed by atoms with Crippen molar-refractivity contribution in [3.63, 3.8) is 0 Å². The van der Waals surface area contributed by atoms with E-state index in [1.807, 2.05) is 12.2 Å². The minimum absolute atomic E-state index is 0.100. The van der Waals surface area contributed by atoms with Crippen LogP contribution in [0.1, 0.15) is 194 Å². The zero-order chi connectivity index (χ0) is 51.2. The molecule has 70 heavy (non-hydrogen) atoms. The lowest BCUT2D eigenvalue weighted by atomic mass is 9.85. The standard InChI is InChI=1S/C57H97O12P/c1-3-5-7-9-11-13-15-17-19-21-23-25-26-27-28-30-32-34-36-38-40-42-44-46-51(58)68-50(49-67-70(64,65)69-57-55(62)53(60)52(59)54(61)56(57)63)48-66-47-45-43-41-39-37-35-33-31-29-24-22-20-18-16-14-12-10-8-6-4-2/h5,7,11,13,17-20,23,25,27-28,32,34,38,40,50,52-57,59-63H,3-4,6,8-10,12,14-16,21-22,24,26,29-31,33,35-37,39,41-49H2,1-2H3,(H,64,65)/b7-5-,13-11-,19-17-,20-18-,25-23-,28-27-,34-32-,40-38-. The lowest BCUT2D eigenvalue weighted by Crippen LogP contribution is -2.64. The molecule has 1 fully saturated rings. The number of hydrogen-bond donors (Lipinski definition) is 6. The molecule has 0 aromatic rings. The van der Waals surface area contributed by atoms with Gasteiger partial charge in [-0.25, -0.2) is 4.57 Å². The quantitative estimate of drug-likeness (QED) is 0.0147. The molecule has 1 aliphatic rings. The molecule has 12 nitrogen and oxygen atoms in total. The van der Waals surface area contributed by atoms with Crippen molar-refractivity contribution in [1.29, 1.82) is 0 Å². The first-order chi connectivity index (χ1) is 34.0. The van der Waals surface area contributed by atoms with Crippen LogP contribution in [0.4, 0.5) is 0 Å². The van der Waals surface area contributed by atoms with E-state index in [2.05, 4.69) is 98.9 Å². The van der Waals surface area contributed by atoms with Crippen molar-refractivity contribution in [3.8, 4) is 0 Å². The normalized spacial score (nSPS) is 21.7. The molecule has 0 aromatic carbocycles. The smallest absolute Gasteiger partial charge is 0.457 e. The number of ether oxygens (including phenoxy) is 2. The van der Waals surface area contributed by atoms with Gasteiger partial charge in [-0.2, -0.15) is 0 Å². The van der Waals surface area contributed by atoms with E-state index < -0.39 is 63.1 Å². The Morgan fingerprint density at radius 3 is 1.30 bits per heavy atom. The van der Waals surface area contributed by atoms with Gasteiger partial charge in [0.15, 0.2) is 0 Å². The van der Waals surface area contributed by atoms with Crippen LogP contribution in [0.2, 0.25) is 0 Å². The molecule has 0 aliphatic heterocycles. The maximum atomic E-state index is 12.9. The molecule has 6 atom stereocenters. The van der Waals surface area contributed by atoms with Crippen molar-refractivity contribution in [2.45, 2.75) is 236 Å². The van der Waals surface area contributed by atoms with Crippen LogP contribution in [0.15, 0.2) is 97.2 Å². The number of aliphatic hydroxyl groups is 5. The molecule has 6 unspecified atom stereocenters. The first-order valence-electron chi connectivity index (χ1n) is 27.1. The number of phosphoric acid groups is 1. The van der Waals surface area contributed by atoms with E-state index in [0.717, 1.165) is 70.6 Å². The Labute approximate surface area is 424 Å². The van der Waals surface area contributed by atoms with Gasteiger partial charge in [-0.1, -0.05) is 195 Å². The molecular formula is C57H97O12P. The average molecular weight is 1010 g/mol. The third kappa shape index (κ3) is 37.1. The Morgan fingerprint density at radius 2 is 0.843 bits per heavy atom. The van der Waals surface area contributed by atoms with Gasteiger partial charge < -0.3 is 39.9 Å². The number of hydrogen-bond acceptors (Lipinski definition) is 11. The molecule has 6 N–H and O–H groups in total. The van der Waals surface area contributed by atoms with Crippen LogP contribution in [-0.4, -0.2) is 98.9 Å². The van der Waals surface area contributed by atoms with Gasteiger partial charge in [-0.05, 0) is 89.9 Å². The second-order valence-corrected chi connectivity index (χ2v) is 19.7. The van der Waals surface area contributed by atoms with Crippen molar-refractivity contribution in [2.75, 3.05) is 19.8 Å². The second-order valence-electron chi connectivity index (χ2n) is 18.3. The third-order valence-corrected chi connectivity index (χ3v) is 12.9. The molecule has 402 valence electrons. The maximum absolute atomic E-state index is 12.9. The van der Waals surface area contributed by atoms with E-state index in [0.29, 0.717) is 19.4 Å². The summed E-state index contributed by atoms with van der Waals surface area (Å²) in [6.45, 7) is 4.09. The summed E-state index contributed by atoms with van der Waals surface area (Å²) in [6, 6.07) is 0. The van der Waals surface area contributed by atoms with E-state index in [1.54, 1.807) is 0 Å². The van der Waals surface area contributed by atoms with Crippen molar-refractivity contribution in [2.24, 2.45) is 0 Å². The average Bonchev–Trinajstić information content (AvgIpc) is 3.35. The number of allylic oxidation sites excluding steroid dienone is 16. The first kappa shape index (κ1) is 65.3. The molecule has 0 aromatic heterocycles. The summed E-state index contributed by atoms with van der Waals surface area (Å²) in [5.74, 6) is -0.537. The van der Waals surface area contributed by atoms with Crippen molar-refractivity contribution in [3.05, 3.63) is 97.2 Å². The summed E-state index contributed by atoms with van der Waals surface area (Å²) < 4.78 is 34.3. The number of unbranched alkanes of at least 4 members (excludes halogenated alkanes) is 17.